The number of hydrogen-bond donors (Lipinski definition) is 1. The van der Waals surface area contributed by atoms with Crippen molar-refractivity contribution >= 4 is 11.3 Å². The minimum atomic E-state index is 0.292. The zero-order chi connectivity index (χ0) is 12.3. The Balaban J connectivity index is 1.97. The Hall–Kier alpha value is -1.20. The highest BCUT2D eigenvalue weighted by Gasteiger charge is 2.10. The van der Waals surface area contributed by atoms with Crippen LogP contribution in [0.3, 0.4) is 0 Å². The third-order valence-corrected chi connectivity index (χ3v) is 3.71. The van der Waals surface area contributed by atoms with E-state index in [2.05, 4.69) is 35.4 Å². The van der Waals surface area contributed by atoms with Crippen LogP contribution in [-0.4, -0.2) is 14.8 Å². The number of nitrogens with zero attached hydrogens (tertiary/aromatic N) is 3. The van der Waals surface area contributed by atoms with Crippen LogP contribution in [0.5, 0.6) is 0 Å². The van der Waals surface area contributed by atoms with Gasteiger partial charge in [0.1, 0.15) is 5.01 Å². The molecule has 4 nitrogen and oxygen atoms in total. The first-order chi connectivity index (χ1) is 8.20. The van der Waals surface area contributed by atoms with Gasteiger partial charge in [-0.3, -0.25) is 4.68 Å². The fourth-order valence-electron chi connectivity index (χ4n) is 1.83. The molecule has 0 saturated heterocycles. The van der Waals surface area contributed by atoms with Gasteiger partial charge in [-0.15, -0.1) is 11.3 Å². The molecule has 0 saturated carbocycles. The summed E-state index contributed by atoms with van der Waals surface area (Å²) in [5.41, 5.74) is 2.45. The van der Waals surface area contributed by atoms with E-state index >= 15 is 0 Å². The summed E-state index contributed by atoms with van der Waals surface area (Å²) in [6.07, 6.45) is 4.91. The number of nitrogens with one attached hydrogen (secondary N) is 1. The Morgan fingerprint density at radius 2 is 2.35 bits per heavy atom. The van der Waals surface area contributed by atoms with E-state index in [0.29, 0.717) is 6.04 Å². The van der Waals surface area contributed by atoms with Gasteiger partial charge in [-0.1, -0.05) is 6.92 Å². The van der Waals surface area contributed by atoms with Crippen molar-refractivity contribution in [1.29, 1.82) is 0 Å². The Morgan fingerprint density at radius 1 is 1.53 bits per heavy atom. The molecule has 1 unspecified atom stereocenters. The average molecular weight is 250 g/mol. The average Bonchev–Trinajstić information content (AvgIpc) is 2.94. The molecule has 0 aliphatic heterocycles. The summed E-state index contributed by atoms with van der Waals surface area (Å²) >= 11 is 1.69. The monoisotopic (exact) mass is 250 g/mol. The fraction of sp³-hybridized carbons (Fsp3) is 0.500. The molecule has 2 rings (SSSR count). The third-order valence-electron chi connectivity index (χ3n) is 2.75. The highest BCUT2D eigenvalue weighted by molar-refractivity contribution is 7.09. The lowest BCUT2D eigenvalue weighted by Crippen LogP contribution is -2.18. The Bertz CT molecular complexity index is 461. The van der Waals surface area contributed by atoms with E-state index in [-0.39, 0.29) is 0 Å². The molecular weight excluding hydrogens is 232 g/mol. The third kappa shape index (κ3) is 2.92. The van der Waals surface area contributed by atoms with Crippen LogP contribution in [0.1, 0.15) is 36.2 Å². The van der Waals surface area contributed by atoms with Crippen molar-refractivity contribution in [2.45, 2.75) is 32.9 Å². The number of aryl methyl sites for hydroxylation is 2. The second kappa shape index (κ2) is 5.42. The summed E-state index contributed by atoms with van der Waals surface area (Å²) in [4.78, 5) is 4.31. The van der Waals surface area contributed by atoms with E-state index in [9.17, 15) is 0 Å². The van der Waals surface area contributed by atoms with Crippen LogP contribution < -0.4 is 5.32 Å². The van der Waals surface area contributed by atoms with Crippen molar-refractivity contribution in [2.24, 2.45) is 7.05 Å². The molecule has 2 aromatic heterocycles. The van der Waals surface area contributed by atoms with Gasteiger partial charge < -0.3 is 5.32 Å². The van der Waals surface area contributed by atoms with Crippen molar-refractivity contribution in [3.8, 4) is 0 Å². The maximum atomic E-state index is 4.43. The predicted octanol–water partition coefficient (Wildman–Crippen LogP) is 2.29. The summed E-state index contributed by atoms with van der Waals surface area (Å²) in [7, 11) is 1.97. The first-order valence-electron chi connectivity index (χ1n) is 5.85. The SMILES string of the molecule is CCc1nn(C)cc1CNC(C)c1nccs1. The molecule has 0 radical (unpaired) electrons. The number of rotatable bonds is 5. The molecule has 0 aliphatic carbocycles. The lowest BCUT2D eigenvalue weighted by atomic mass is 10.2. The fourth-order valence-corrected chi connectivity index (χ4v) is 2.50. The van der Waals surface area contributed by atoms with Crippen LogP contribution >= 0.6 is 11.3 Å². The molecule has 2 aromatic rings. The number of hydrogen-bond acceptors (Lipinski definition) is 4. The standard InChI is InChI=1S/C12H18N4S/c1-4-11-10(8-16(3)15-11)7-14-9(2)12-13-5-6-17-12/h5-6,8-9,14H,4,7H2,1-3H3. The molecule has 0 bridgehead atoms. The minimum Gasteiger partial charge on any atom is -0.304 e. The molecule has 0 spiro atoms. The summed E-state index contributed by atoms with van der Waals surface area (Å²) < 4.78 is 1.88. The highest BCUT2D eigenvalue weighted by atomic mass is 32.1. The van der Waals surface area contributed by atoms with Gasteiger partial charge in [0.2, 0.25) is 0 Å². The second-order valence-electron chi connectivity index (χ2n) is 4.10. The van der Waals surface area contributed by atoms with Gasteiger partial charge >= 0.3 is 0 Å². The lowest BCUT2D eigenvalue weighted by Gasteiger charge is -2.10. The number of aromatic nitrogens is 3. The van der Waals surface area contributed by atoms with Crippen LogP contribution in [-0.2, 0) is 20.0 Å². The zero-order valence-electron chi connectivity index (χ0n) is 10.5. The van der Waals surface area contributed by atoms with Gasteiger partial charge in [0.05, 0.1) is 11.7 Å². The predicted molar refractivity (Wildman–Crippen MR) is 70.0 cm³/mol. The highest BCUT2D eigenvalue weighted by Crippen LogP contribution is 2.16. The van der Waals surface area contributed by atoms with E-state index in [0.717, 1.165) is 18.0 Å². The quantitative estimate of drug-likeness (QED) is 0.885. The lowest BCUT2D eigenvalue weighted by molar-refractivity contribution is 0.569. The topological polar surface area (TPSA) is 42.7 Å². The smallest absolute Gasteiger partial charge is 0.109 e. The number of thiazole rings is 1. The maximum absolute atomic E-state index is 4.43. The van der Waals surface area contributed by atoms with Crippen LogP contribution in [0.2, 0.25) is 0 Å². The van der Waals surface area contributed by atoms with Gasteiger partial charge in [0.15, 0.2) is 0 Å². The van der Waals surface area contributed by atoms with Crippen LogP contribution in [0, 0.1) is 0 Å². The molecule has 5 heteroatoms. The summed E-state index contributed by atoms with van der Waals surface area (Å²) in [6, 6.07) is 0.292. The largest absolute Gasteiger partial charge is 0.304 e. The van der Waals surface area contributed by atoms with Crippen LogP contribution in [0.4, 0.5) is 0 Å². The molecule has 92 valence electrons. The molecule has 0 fully saturated rings. The van der Waals surface area contributed by atoms with E-state index in [4.69, 9.17) is 0 Å². The Kier molecular flexibility index (Phi) is 3.91. The first kappa shape index (κ1) is 12.3. The van der Waals surface area contributed by atoms with Gasteiger partial charge in [0, 0.05) is 36.9 Å². The molecular formula is C12H18N4S. The van der Waals surface area contributed by atoms with Crippen molar-refractivity contribution in [3.63, 3.8) is 0 Å². The van der Waals surface area contributed by atoms with Gasteiger partial charge in [-0.05, 0) is 13.3 Å². The molecule has 0 amide bonds. The Labute approximate surface area is 106 Å². The van der Waals surface area contributed by atoms with E-state index < -0.39 is 0 Å². The van der Waals surface area contributed by atoms with Crippen molar-refractivity contribution in [1.82, 2.24) is 20.1 Å². The molecule has 1 N–H and O–H groups in total. The van der Waals surface area contributed by atoms with Crippen molar-refractivity contribution in [3.05, 3.63) is 34.0 Å². The molecule has 2 heterocycles. The summed E-state index contributed by atoms with van der Waals surface area (Å²) in [5.74, 6) is 0. The van der Waals surface area contributed by atoms with E-state index in [1.165, 1.54) is 11.3 Å². The summed E-state index contributed by atoms with van der Waals surface area (Å²) in [5, 5.41) is 11.1. The zero-order valence-corrected chi connectivity index (χ0v) is 11.3. The van der Waals surface area contributed by atoms with Gasteiger partial charge in [0.25, 0.3) is 0 Å². The normalized spacial score (nSPS) is 12.9. The van der Waals surface area contributed by atoms with Crippen LogP contribution in [0.25, 0.3) is 0 Å². The minimum absolute atomic E-state index is 0.292. The molecule has 17 heavy (non-hydrogen) atoms. The maximum Gasteiger partial charge on any atom is 0.109 e. The second-order valence-corrected chi connectivity index (χ2v) is 5.03. The molecule has 0 aromatic carbocycles. The summed E-state index contributed by atoms with van der Waals surface area (Å²) in [6.45, 7) is 5.12. The van der Waals surface area contributed by atoms with Crippen molar-refractivity contribution < 1.29 is 0 Å². The van der Waals surface area contributed by atoms with E-state index in [1.54, 1.807) is 11.3 Å². The Morgan fingerprint density at radius 3 is 3.00 bits per heavy atom. The van der Waals surface area contributed by atoms with Gasteiger partial charge in [-0.25, -0.2) is 4.98 Å². The van der Waals surface area contributed by atoms with Crippen LogP contribution in [0.15, 0.2) is 17.8 Å². The van der Waals surface area contributed by atoms with Gasteiger partial charge in [-0.2, -0.15) is 5.10 Å². The molecule has 0 aliphatic rings. The van der Waals surface area contributed by atoms with Crippen molar-refractivity contribution in [2.75, 3.05) is 0 Å². The van der Waals surface area contributed by atoms with E-state index in [1.807, 2.05) is 23.3 Å². The molecule has 1 atom stereocenters. The first-order valence-corrected chi connectivity index (χ1v) is 6.72.